The van der Waals surface area contributed by atoms with Gasteiger partial charge in [0, 0.05) is 30.3 Å². The zero-order chi connectivity index (χ0) is 14.9. The highest BCUT2D eigenvalue weighted by Gasteiger charge is 2.07. The van der Waals surface area contributed by atoms with Gasteiger partial charge in [0.1, 0.15) is 5.76 Å². The smallest absolute Gasteiger partial charge is 0.122 e. The number of benzene rings is 1. The van der Waals surface area contributed by atoms with Gasteiger partial charge in [-0.15, -0.1) is 0 Å². The second kappa shape index (κ2) is 7.76. The molecule has 1 aromatic carbocycles. The third-order valence-corrected chi connectivity index (χ3v) is 3.08. The maximum absolute atomic E-state index is 8.58. The van der Waals surface area contributed by atoms with Crippen molar-refractivity contribution in [2.75, 3.05) is 18.5 Å². The molecule has 0 fully saturated rings. The fraction of sp³-hybridized carbons (Fsp3) is 0.167. The van der Waals surface area contributed by atoms with Gasteiger partial charge in [-0.2, -0.15) is 5.26 Å². The zero-order valence-electron chi connectivity index (χ0n) is 11.9. The van der Waals surface area contributed by atoms with Gasteiger partial charge < -0.3 is 10.1 Å². The Morgan fingerprint density at radius 2 is 2.19 bits per heavy atom. The molecule has 0 radical (unpaired) electrons. The van der Waals surface area contributed by atoms with E-state index in [0.29, 0.717) is 6.54 Å². The fourth-order valence-corrected chi connectivity index (χ4v) is 2.04. The summed E-state index contributed by atoms with van der Waals surface area (Å²) in [6.07, 6.45) is 9.93. The third kappa shape index (κ3) is 4.39. The van der Waals surface area contributed by atoms with Gasteiger partial charge in [-0.05, 0) is 42.0 Å². The van der Waals surface area contributed by atoms with Crippen LogP contribution < -0.4 is 5.32 Å². The Balaban J connectivity index is 1.97. The minimum atomic E-state index is 0.642. The predicted molar refractivity (Wildman–Crippen MR) is 86.5 cm³/mol. The van der Waals surface area contributed by atoms with E-state index in [0.717, 1.165) is 35.6 Å². The summed E-state index contributed by atoms with van der Waals surface area (Å²) in [4.78, 5) is 0. The summed E-state index contributed by atoms with van der Waals surface area (Å²) in [5, 5.41) is 11.9. The number of rotatable bonds is 6. The Bertz CT molecular complexity index is 616. The number of allylic oxidation sites excluding steroid dienone is 3. The largest absolute Gasteiger partial charge is 0.493 e. The summed E-state index contributed by atoms with van der Waals surface area (Å²) in [6.45, 7) is 5.09. The van der Waals surface area contributed by atoms with Crippen LogP contribution in [0.3, 0.4) is 0 Å². The van der Waals surface area contributed by atoms with Crippen molar-refractivity contribution < 1.29 is 4.74 Å². The molecule has 3 heteroatoms. The van der Waals surface area contributed by atoms with Crippen LogP contribution in [0.15, 0.2) is 66.8 Å². The lowest BCUT2D eigenvalue weighted by Gasteiger charge is -2.09. The summed E-state index contributed by atoms with van der Waals surface area (Å²) < 4.78 is 5.53. The zero-order valence-corrected chi connectivity index (χ0v) is 11.9. The van der Waals surface area contributed by atoms with Gasteiger partial charge in [0.2, 0.25) is 0 Å². The van der Waals surface area contributed by atoms with Crippen LogP contribution in [0.1, 0.15) is 12.0 Å². The van der Waals surface area contributed by atoms with E-state index in [-0.39, 0.29) is 0 Å². The van der Waals surface area contributed by atoms with E-state index in [1.807, 2.05) is 36.4 Å². The minimum absolute atomic E-state index is 0.642. The van der Waals surface area contributed by atoms with Crippen LogP contribution in [-0.2, 0) is 4.74 Å². The molecule has 21 heavy (non-hydrogen) atoms. The Hall–Kier alpha value is -2.73. The first kappa shape index (κ1) is 14.7. The van der Waals surface area contributed by atoms with E-state index in [4.69, 9.17) is 10.00 Å². The predicted octanol–water partition coefficient (Wildman–Crippen LogP) is 4.05. The van der Waals surface area contributed by atoms with Gasteiger partial charge in [-0.3, -0.25) is 0 Å². The number of hydrogen-bond acceptors (Lipinski definition) is 3. The van der Waals surface area contributed by atoms with Crippen molar-refractivity contribution in [3.05, 3.63) is 72.4 Å². The van der Waals surface area contributed by atoms with Crippen molar-refractivity contribution in [1.82, 2.24) is 0 Å². The van der Waals surface area contributed by atoms with E-state index in [1.54, 1.807) is 12.2 Å². The van der Waals surface area contributed by atoms with Crippen LogP contribution in [0.2, 0.25) is 0 Å². The maximum atomic E-state index is 8.58. The standard InChI is InChI=1S/C18H18N2O/c1-2-5-15(6-3-12-19)14-20-17-10-8-16(9-11-17)18-7-4-13-21-18/h2-3,5-11,20H,1,4,13-14H2/b6-3+,15-5+. The van der Waals surface area contributed by atoms with E-state index < -0.39 is 0 Å². The molecule has 0 spiro atoms. The van der Waals surface area contributed by atoms with Crippen LogP contribution in [0.4, 0.5) is 5.69 Å². The topological polar surface area (TPSA) is 45.0 Å². The first-order valence-corrected chi connectivity index (χ1v) is 6.88. The van der Waals surface area contributed by atoms with Gasteiger partial charge in [0.25, 0.3) is 0 Å². The highest BCUT2D eigenvalue weighted by atomic mass is 16.5. The quantitative estimate of drug-likeness (QED) is 0.630. The maximum Gasteiger partial charge on any atom is 0.122 e. The van der Waals surface area contributed by atoms with Crippen LogP contribution in [-0.4, -0.2) is 13.2 Å². The third-order valence-electron chi connectivity index (χ3n) is 3.08. The molecule has 0 atom stereocenters. The van der Waals surface area contributed by atoms with Crippen LogP contribution >= 0.6 is 0 Å². The molecule has 106 valence electrons. The Kier molecular flexibility index (Phi) is 5.42. The molecule has 1 aliphatic rings. The number of anilines is 1. The molecule has 3 nitrogen and oxygen atoms in total. The molecule has 0 saturated carbocycles. The molecule has 0 aliphatic carbocycles. The fourth-order valence-electron chi connectivity index (χ4n) is 2.04. The SMILES string of the molecule is C=C/C=C(\C=C\C#N)CNc1ccc(C2=CCCO2)cc1. The Morgan fingerprint density at radius 3 is 2.81 bits per heavy atom. The molecule has 0 aromatic heterocycles. The number of nitrogens with zero attached hydrogens (tertiary/aromatic N) is 1. The summed E-state index contributed by atoms with van der Waals surface area (Å²) in [5.41, 5.74) is 3.12. The number of nitrogens with one attached hydrogen (secondary N) is 1. The van der Waals surface area contributed by atoms with E-state index in [2.05, 4.69) is 18.0 Å². The monoisotopic (exact) mass is 278 g/mol. The number of nitriles is 1. The molecule has 1 heterocycles. The second-order valence-electron chi connectivity index (χ2n) is 4.58. The first-order chi connectivity index (χ1) is 10.3. The molecule has 1 N–H and O–H groups in total. The highest BCUT2D eigenvalue weighted by molar-refractivity contribution is 5.63. The molecular formula is C18H18N2O. The molecule has 0 unspecified atom stereocenters. The number of hydrogen-bond donors (Lipinski definition) is 1. The summed E-state index contributed by atoms with van der Waals surface area (Å²) >= 11 is 0. The molecule has 1 aromatic rings. The molecular weight excluding hydrogens is 260 g/mol. The van der Waals surface area contributed by atoms with Gasteiger partial charge in [-0.1, -0.05) is 18.7 Å². The van der Waals surface area contributed by atoms with Crippen LogP contribution in [0, 0.1) is 11.3 Å². The molecule has 0 bridgehead atoms. The van der Waals surface area contributed by atoms with Crippen LogP contribution in [0.5, 0.6) is 0 Å². The van der Waals surface area contributed by atoms with Gasteiger partial charge in [-0.25, -0.2) is 0 Å². The Labute approximate surface area is 125 Å². The van der Waals surface area contributed by atoms with Crippen molar-refractivity contribution in [3.63, 3.8) is 0 Å². The lowest BCUT2D eigenvalue weighted by Crippen LogP contribution is -2.03. The van der Waals surface area contributed by atoms with Crippen molar-refractivity contribution >= 4 is 11.4 Å². The lowest BCUT2D eigenvalue weighted by molar-refractivity contribution is 0.307. The average molecular weight is 278 g/mol. The number of ether oxygens (including phenoxy) is 1. The molecule has 1 aliphatic heterocycles. The van der Waals surface area contributed by atoms with Gasteiger partial charge in [0.05, 0.1) is 12.7 Å². The van der Waals surface area contributed by atoms with Gasteiger partial charge in [0.15, 0.2) is 0 Å². The minimum Gasteiger partial charge on any atom is -0.493 e. The molecule has 2 rings (SSSR count). The Morgan fingerprint density at radius 1 is 1.38 bits per heavy atom. The van der Waals surface area contributed by atoms with E-state index >= 15 is 0 Å². The lowest BCUT2D eigenvalue weighted by atomic mass is 10.1. The second-order valence-corrected chi connectivity index (χ2v) is 4.58. The summed E-state index contributed by atoms with van der Waals surface area (Å²) in [6, 6.07) is 10.1. The highest BCUT2D eigenvalue weighted by Crippen LogP contribution is 2.23. The normalized spacial score (nSPS) is 14.4. The molecule has 0 amide bonds. The average Bonchev–Trinajstić information content (AvgIpc) is 3.05. The summed E-state index contributed by atoms with van der Waals surface area (Å²) in [7, 11) is 0. The summed E-state index contributed by atoms with van der Waals surface area (Å²) in [5.74, 6) is 0.964. The van der Waals surface area contributed by atoms with E-state index in [1.165, 1.54) is 6.08 Å². The van der Waals surface area contributed by atoms with Crippen molar-refractivity contribution in [1.29, 1.82) is 5.26 Å². The van der Waals surface area contributed by atoms with Gasteiger partial charge >= 0.3 is 0 Å². The van der Waals surface area contributed by atoms with Crippen molar-refractivity contribution in [2.24, 2.45) is 0 Å². The van der Waals surface area contributed by atoms with Crippen LogP contribution in [0.25, 0.3) is 5.76 Å². The van der Waals surface area contributed by atoms with Crippen molar-refractivity contribution in [3.8, 4) is 6.07 Å². The van der Waals surface area contributed by atoms with Crippen molar-refractivity contribution in [2.45, 2.75) is 6.42 Å². The van der Waals surface area contributed by atoms with E-state index in [9.17, 15) is 0 Å². The first-order valence-electron chi connectivity index (χ1n) is 6.88. The molecule has 0 saturated heterocycles.